The zero-order valence-electron chi connectivity index (χ0n) is 20.2. The van der Waals surface area contributed by atoms with E-state index in [-0.39, 0.29) is 11.9 Å². The minimum absolute atomic E-state index is 0.00271. The first-order valence-corrected chi connectivity index (χ1v) is 12.0. The third kappa shape index (κ3) is 11.8. The van der Waals surface area contributed by atoms with Crippen LogP contribution >= 0.6 is 0 Å². The molecule has 0 aromatic heterocycles. The van der Waals surface area contributed by atoms with Crippen molar-refractivity contribution >= 4 is 5.97 Å². The molecule has 0 radical (unpaired) electrons. The minimum atomic E-state index is -0.962. The maximum Gasteiger partial charge on any atom is 0.307 e. The third-order valence-electron chi connectivity index (χ3n) is 5.79. The summed E-state index contributed by atoms with van der Waals surface area (Å²) in [7, 11) is 3.69. The fourth-order valence-corrected chi connectivity index (χ4v) is 4.06. The van der Waals surface area contributed by atoms with Gasteiger partial charge in [0.2, 0.25) is 0 Å². The molecular weight excluding hydrogens is 362 g/mol. The van der Waals surface area contributed by atoms with E-state index in [1.54, 1.807) is 6.92 Å². The molecule has 0 aromatic rings. The van der Waals surface area contributed by atoms with E-state index in [9.17, 15) is 9.90 Å². The summed E-state index contributed by atoms with van der Waals surface area (Å²) < 4.78 is 5.76. The van der Waals surface area contributed by atoms with Crippen molar-refractivity contribution in [1.82, 2.24) is 4.90 Å². The molecule has 0 aliphatic rings. The fraction of sp³-hybridized carbons (Fsp3) is 0.880. The Morgan fingerprint density at radius 1 is 0.897 bits per heavy atom. The van der Waals surface area contributed by atoms with Crippen LogP contribution in [-0.2, 0) is 9.53 Å². The van der Waals surface area contributed by atoms with Crippen LogP contribution in [0.25, 0.3) is 0 Å². The van der Waals surface area contributed by atoms with Crippen LogP contribution in [0.2, 0.25) is 0 Å². The van der Waals surface area contributed by atoms with Crippen molar-refractivity contribution in [2.45, 2.75) is 123 Å². The number of hydrogen-bond donors (Lipinski definition) is 1. The average Bonchev–Trinajstić information content (AvgIpc) is 2.65. The maximum atomic E-state index is 12.3. The summed E-state index contributed by atoms with van der Waals surface area (Å²) in [6, 6.07) is 0. The van der Waals surface area contributed by atoms with E-state index in [4.69, 9.17) is 4.74 Å². The highest BCUT2D eigenvalue weighted by Crippen LogP contribution is 2.29. The summed E-state index contributed by atoms with van der Waals surface area (Å²) in [4.78, 5) is 14.1. The average molecular weight is 412 g/mol. The van der Waals surface area contributed by atoms with Crippen LogP contribution in [0.5, 0.6) is 0 Å². The number of hydrogen-bond acceptors (Lipinski definition) is 4. The molecule has 2 unspecified atom stereocenters. The first-order chi connectivity index (χ1) is 13.8. The van der Waals surface area contributed by atoms with Crippen LogP contribution in [0.4, 0.5) is 0 Å². The molecule has 0 rings (SSSR count). The zero-order chi connectivity index (χ0) is 22.1. The van der Waals surface area contributed by atoms with Crippen LogP contribution in [0.1, 0.15) is 111 Å². The van der Waals surface area contributed by atoms with Gasteiger partial charge in [-0.05, 0) is 53.1 Å². The summed E-state index contributed by atoms with van der Waals surface area (Å²) in [6.45, 7) is 7.89. The van der Waals surface area contributed by atoms with Crippen molar-refractivity contribution in [2.24, 2.45) is 5.92 Å². The van der Waals surface area contributed by atoms with Crippen LogP contribution in [0, 0.1) is 5.92 Å². The first-order valence-electron chi connectivity index (χ1n) is 12.0. The van der Waals surface area contributed by atoms with E-state index in [1.165, 1.54) is 51.4 Å². The summed E-state index contributed by atoms with van der Waals surface area (Å²) in [5.41, 5.74) is -0.962. The van der Waals surface area contributed by atoms with Gasteiger partial charge in [0.15, 0.2) is 5.72 Å². The van der Waals surface area contributed by atoms with E-state index >= 15 is 0 Å². The van der Waals surface area contributed by atoms with Gasteiger partial charge >= 0.3 is 5.97 Å². The normalized spacial score (nSPS) is 15.2. The first kappa shape index (κ1) is 28.1. The van der Waals surface area contributed by atoms with E-state index in [2.05, 4.69) is 19.1 Å². The van der Waals surface area contributed by atoms with Crippen LogP contribution in [-0.4, -0.2) is 41.9 Å². The highest BCUT2D eigenvalue weighted by atomic mass is 16.6. The Morgan fingerprint density at radius 2 is 1.38 bits per heavy atom. The molecule has 172 valence electrons. The van der Waals surface area contributed by atoms with Gasteiger partial charge in [0.05, 0.1) is 0 Å². The number of likely N-dealkylation sites (N-methyl/N-ethyl adjacent to an activating group) is 1. The molecule has 0 spiro atoms. The molecule has 29 heavy (non-hydrogen) atoms. The predicted octanol–water partition coefficient (Wildman–Crippen LogP) is 6.47. The molecule has 0 saturated heterocycles. The van der Waals surface area contributed by atoms with Crippen molar-refractivity contribution < 1.29 is 14.6 Å². The van der Waals surface area contributed by atoms with Gasteiger partial charge in [-0.1, -0.05) is 77.9 Å². The Labute approximate surface area is 181 Å². The van der Waals surface area contributed by atoms with Crippen molar-refractivity contribution in [1.29, 1.82) is 0 Å². The van der Waals surface area contributed by atoms with Crippen LogP contribution in [0.3, 0.4) is 0 Å². The number of aliphatic hydroxyl groups is 1. The quantitative estimate of drug-likeness (QED) is 0.121. The molecule has 4 nitrogen and oxygen atoms in total. The Balaban J connectivity index is 3.86. The van der Waals surface area contributed by atoms with E-state index in [0.717, 1.165) is 25.7 Å². The van der Waals surface area contributed by atoms with Crippen LogP contribution in [0.15, 0.2) is 12.2 Å². The van der Waals surface area contributed by atoms with Crippen molar-refractivity contribution in [3.63, 3.8) is 0 Å². The van der Waals surface area contributed by atoms with Crippen molar-refractivity contribution in [3.8, 4) is 0 Å². The van der Waals surface area contributed by atoms with Gasteiger partial charge in [0, 0.05) is 12.3 Å². The number of carbonyl (C=O) groups is 1. The number of unbranched alkanes of at least 4 members (excludes halogenated alkanes) is 10. The molecule has 0 aromatic carbocycles. The summed E-state index contributed by atoms with van der Waals surface area (Å²) in [5, 5.41) is 10.2. The van der Waals surface area contributed by atoms with Gasteiger partial charge < -0.3 is 9.84 Å². The topological polar surface area (TPSA) is 49.8 Å². The molecule has 0 saturated carbocycles. The number of nitrogens with zero attached hydrogens (tertiary/aromatic N) is 1. The van der Waals surface area contributed by atoms with Crippen molar-refractivity contribution in [2.75, 3.05) is 14.1 Å². The minimum Gasteiger partial charge on any atom is -0.441 e. The largest absolute Gasteiger partial charge is 0.441 e. The molecular formula is C25H49NO3. The monoisotopic (exact) mass is 411 g/mol. The Kier molecular flexibility index (Phi) is 16.4. The molecule has 4 heteroatoms. The van der Waals surface area contributed by atoms with E-state index in [1.807, 2.05) is 32.8 Å². The second-order valence-corrected chi connectivity index (χ2v) is 8.93. The van der Waals surface area contributed by atoms with Gasteiger partial charge in [-0.3, -0.25) is 9.69 Å². The molecule has 0 bridgehead atoms. The molecule has 0 amide bonds. The second-order valence-electron chi connectivity index (χ2n) is 8.93. The molecule has 0 aliphatic heterocycles. The van der Waals surface area contributed by atoms with E-state index in [0.29, 0.717) is 6.42 Å². The smallest absolute Gasteiger partial charge is 0.307 e. The van der Waals surface area contributed by atoms with Gasteiger partial charge in [-0.2, -0.15) is 0 Å². The Bertz CT molecular complexity index is 408. The zero-order valence-corrected chi connectivity index (χ0v) is 20.2. The lowest BCUT2D eigenvalue weighted by atomic mass is 9.92. The van der Waals surface area contributed by atoms with Gasteiger partial charge in [-0.25, -0.2) is 0 Å². The molecule has 0 heterocycles. The lowest BCUT2D eigenvalue weighted by Crippen LogP contribution is -2.59. The highest BCUT2D eigenvalue weighted by molar-refractivity contribution is 5.69. The fourth-order valence-electron chi connectivity index (χ4n) is 4.06. The van der Waals surface area contributed by atoms with Gasteiger partial charge in [-0.15, -0.1) is 0 Å². The second kappa shape index (κ2) is 16.9. The van der Waals surface area contributed by atoms with Crippen LogP contribution < -0.4 is 0 Å². The number of allylic oxidation sites excluding steroid dienone is 2. The summed E-state index contributed by atoms with van der Waals surface area (Å²) in [6.07, 6.45) is 19.1. The Morgan fingerprint density at radius 3 is 1.83 bits per heavy atom. The number of ether oxygens (including phenoxy) is 1. The number of rotatable bonds is 18. The number of esters is 1. The third-order valence-corrected chi connectivity index (χ3v) is 5.79. The van der Waals surface area contributed by atoms with Gasteiger partial charge in [0.25, 0.3) is 0 Å². The SMILES string of the molecule is CCCCCCCCCC=CCCCCCC(=O)OC(C(C)C)(C(C)O)N(C)C. The highest BCUT2D eigenvalue weighted by Gasteiger charge is 2.44. The van der Waals surface area contributed by atoms with Crippen molar-refractivity contribution in [3.05, 3.63) is 12.2 Å². The predicted molar refractivity (Wildman–Crippen MR) is 124 cm³/mol. The lowest BCUT2D eigenvalue weighted by Gasteiger charge is -2.44. The maximum absolute atomic E-state index is 12.3. The Hall–Kier alpha value is -0.870. The summed E-state index contributed by atoms with van der Waals surface area (Å²) >= 11 is 0. The molecule has 0 fully saturated rings. The number of aliphatic hydroxyl groups excluding tert-OH is 1. The molecule has 2 atom stereocenters. The number of carbonyl (C=O) groups excluding carboxylic acids is 1. The standard InChI is InChI=1S/C25H49NO3/c1-7-8-9-10-11-12-13-14-15-16-17-18-19-20-21-24(28)29-25(22(2)3,23(4)27)26(5)6/h15-16,22-23,27H,7-14,17-21H2,1-6H3. The molecule has 0 aliphatic carbocycles. The molecule has 1 N–H and O–H groups in total. The van der Waals surface area contributed by atoms with Gasteiger partial charge in [0.1, 0.15) is 6.10 Å². The van der Waals surface area contributed by atoms with E-state index < -0.39 is 11.8 Å². The summed E-state index contributed by atoms with van der Waals surface area (Å²) in [5.74, 6) is -0.217. The lowest BCUT2D eigenvalue weighted by molar-refractivity contribution is -0.220.